The molecule has 0 radical (unpaired) electrons. The number of halogens is 2. The molecule has 10 nitrogen and oxygen atoms in total. The number of hydrogen-bond donors (Lipinski definition) is 2. The molecular formula is C23H30F2N4O6. The Morgan fingerprint density at radius 2 is 1.86 bits per heavy atom. The van der Waals surface area contributed by atoms with Crippen molar-refractivity contribution in [3.8, 4) is 5.75 Å². The summed E-state index contributed by atoms with van der Waals surface area (Å²) in [4.78, 5) is 53.6. The maximum atomic E-state index is 13.0. The number of anilines is 2. The maximum Gasteiger partial charge on any atom is 0.387 e. The van der Waals surface area contributed by atoms with Gasteiger partial charge in [-0.15, -0.1) is 0 Å². The number of benzene rings is 1. The van der Waals surface area contributed by atoms with Gasteiger partial charge in [0.25, 0.3) is 11.5 Å². The molecule has 2 aromatic rings. The summed E-state index contributed by atoms with van der Waals surface area (Å²) in [5, 5.41) is 0. The molecule has 0 bridgehead atoms. The number of H-pyrrole nitrogens is 1. The Kier molecular flexibility index (Phi) is 10.4. The van der Waals surface area contributed by atoms with Gasteiger partial charge >= 0.3 is 18.3 Å². The van der Waals surface area contributed by atoms with Crippen molar-refractivity contribution in [2.45, 2.75) is 59.1 Å². The van der Waals surface area contributed by atoms with Gasteiger partial charge in [-0.1, -0.05) is 39.2 Å². The normalized spacial score (nSPS) is 10.9. The number of aromatic nitrogens is 2. The van der Waals surface area contributed by atoms with Gasteiger partial charge in [0.05, 0.1) is 5.56 Å². The zero-order valence-corrected chi connectivity index (χ0v) is 19.7. The van der Waals surface area contributed by atoms with Crippen molar-refractivity contribution in [2.75, 3.05) is 23.8 Å². The van der Waals surface area contributed by atoms with Gasteiger partial charge in [0.1, 0.15) is 11.6 Å². The van der Waals surface area contributed by atoms with Crippen LogP contribution >= 0.6 is 0 Å². The zero-order chi connectivity index (χ0) is 26.0. The van der Waals surface area contributed by atoms with Crippen molar-refractivity contribution in [2.24, 2.45) is 0 Å². The van der Waals surface area contributed by atoms with Crippen molar-refractivity contribution in [1.82, 2.24) is 9.55 Å². The molecule has 0 aliphatic carbocycles. The molecule has 2 rings (SSSR count). The molecule has 1 heterocycles. The lowest BCUT2D eigenvalue weighted by atomic mass is 10.2. The van der Waals surface area contributed by atoms with Crippen LogP contribution in [0.15, 0.2) is 33.9 Å². The number of amides is 1. The first-order valence-corrected chi connectivity index (χ1v) is 11.3. The number of aromatic amines is 1. The Bertz CT molecular complexity index is 1130. The van der Waals surface area contributed by atoms with E-state index in [-0.39, 0.29) is 35.9 Å². The van der Waals surface area contributed by atoms with Crippen LogP contribution in [0.4, 0.5) is 20.3 Å². The summed E-state index contributed by atoms with van der Waals surface area (Å²) in [5.74, 6) is -2.07. The molecule has 0 aliphatic rings. The number of nitrogens with one attached hydrogen (secondary N) is 1. The Hall–Kier alpha value is -3.70. The minimum absolute atomic E-state index is 0.0982. The van der Waals surface area contributed by atoms with Crippen molar-refractivity contribution in [3.05, 3.63) is 50.7 Å². The number of carbonyl (C=O) groups excluding carboxylic acids is 2. The predicted molar refractivity (Wildman–Crippen MR) is 126 cm³/mol. The predicted octanol–water partition coefficient (Wildman–Crippen LogP) is 2.90. The number of nitrogens with zero attached hydrogens (tertiary/aromatic N) is 2. The third-order valence-corrected chi connectivity index (χ3v) is 5.13. The molecule has 35 heavy (non-hydrogen) atoms. The molecule has 0 saturated heterocycles. The number of alkyl halides is 2. The van der Waals surface area contributed by atoms with Crippen molar-refractivity contribution < 1.29 is 27.8 Å². The van der Waals surface area contributed by atoms with Gasteiger partial charge in [0.15, 0.2) is 12.3 Å². The minimum Gasteiger partial charge on any atom is -0.452 e. The molecule has 3 N–H and O–H groups in total. The molecule has 0 atom stereocenters. The second-order valence-electron chi connectivity index (χ2n) is 7.73. The van der Waals surface area contributed by atoms with Gasteiger partial charge in [-0.2, -0.15) is 8.78 Å². The number of rotatable bonds is 13. The number of hydrogen-bond acceptors (Lipinski definition) is 7. The van der Waals surface area contributed by atoms with Crippen LogP contribution in [0.2, 0.25) is 0 Å². The Morgan fingerprint density at radius 3 is 2.51 bits per heavy atom. The van der Waals surface area contributed by atoms with Gasteiger partial charge in [-0.05, 0) is 31.0 Å². The minimum atomic E-state index is -3.07. The summed E-state index contributed by atoms with van der Waals surface area (Å²) in [5.41, 5.74) is 4.35. The fourth-order valence-corrected chi connectivity index (χ4v) is 3.35. The summed E-state index contributed by atoms with van der Waals surface area (Å²) < 4.78 is 35.4. The SMILES string of the molecule is CCCCCN(C(=O)COC(=O)c1cccc(OC(F)F)c1)c1c(N)n(CCCC)c(=O)[nH]c1=O. The van der Waals surface area contributed by atoms with E-state index >= 15 is 0 Å². The van der Waals surface area contributed by atoms with E-state index in [1.807, 2.05) is 13.8 Å². The maximum absolute atomic E-state index is 13.0. The molecule has 192 valence electrons. The van der Waals surface area contributed by atoms with E-state index in [9.17, 15) is 28.0 Å². The molecule has 0 aliphatic heterocycles. The highest BCUT2D eigenvalue weighted by Crippen LogP contribution is 2.20. The lowest BCUT2D eigenvalue weighted by Gasteiger charge is -2.24. The fourth-order valence-electron chi connectivity index (χ4n) is 3.35. The molecule has 12 heteroatoms. The van der Waals surface area contributed by atoms with Crippen LogP contribution in [0.5, 0.6) is 5.75 Å². The molecule has 0 spiro atoms. The number of nitrogen functional groups attached to an aromatic ring is 1. The van der Waals surface area contributed by atoms with E-state index < -0.39 is 36.3 Å². The molecule has 0 unspecified atom stereocenters. The largest absolute Gasteiger partial charge is 0.452 e. The van der Waals surface area contributed by atoms with E-state index in [4.69, 9.17) is 10.5 Å². The standard InChI is InChI=1S/C23H30F2N4O6/c1-3-5-7-12-28(18-19(26)29(11-6-4-2)23(33)27-20(18)31)17(30)14-34-21(32)15-9-8-10-16(13-15)35-22(24)25/h8-10,13,22H,3-7,11-12,14,26H2,1-2H3,(H,27,31,33). The van der Waals surface area contributed by atoms with Gasteiger partial charge in [0, 0.05) is 13.1 Å². The smallest absolute Gasteiger partial charge is 0.387 e. The number of nitrogens with two attached hydrogens (primary N) is 1. The molecular weight excluding hydrogens is 466 g/mol. The van der Waals surface area contributed by atoms with Crippen LogP contribution in [0, 0.1) is 0 Å². The van der Waals surface area contributed by atoms with E-state index in [0.717, 1.165) is 30.2 Å². The molecule has 1 aromatic heterocycles. The number of carbonyl (C=O) groups is 2. The van der Waals surface area contributed by atoms with Crippen LogP contribution in [0.1, 0.15) is 56.3 Å². The summed E-state index contributed by atoms with van der Waals surface area (Å²) in [6.07, 6.45) is 3.55. The Labute approximate surface area is 200 Å². The Balaban J connectivity index is 2.27. The lowest BCUT2D eigenvalue weighted by Crippen LogP contribution is -2.43. The first kappa shape index (κ1) is 27.5. The highest BCUT2D eigenvalue weighted by Gasteiger charge is 2.25. The summed E-state index contributed by atoms with van der Waals surface area (Å²) in [6.45, 7) is 0.459. The van der Waals surface area contributed by atoms with Crippen LogP contribution in [0.25, 0.3) is 0 Å². The topological polar surface area (TPSA) is 137 Å². The van der Waals surface area contributed by atoms with Gasteiger partial charge < -0.3 is 20.1 Å². The van der Waals surface area contributed by atoms with Crippen molar-refractivity contribution >= 4 is 23.4 Å². The van der Waals surface area contributed by atoms with E-state index in [0.29, 0.717) is 12.8 Å². The van der Waals surface area contributed by atoms with Crippen molar-refractivity contribution in [1.29, 1.82) is 0 Å². The van der Waals surface area contributed by atoms with E-state index in [1.165, 1.54) is 22.8 Å². The summed E-state index contributed by atoms with van der Waals surface area (Å²) in [7, 11) is 0. The average Bonchev–Trinajstić information content (AvgIpc) is 2.80. The zero-order valence-electron chi connectivity index (χ0n) is 19.7. The highest BCUT2D eigenvalue weighted by atomic mass is 19.3. The molecule has 1 amide bonds. The second kappa shape index (κ2) is 13.3. The van der Waals surface area contributed by atoms with Crippen LogP contribution in [0.3, 0.4) is 0 Å². The summed E-state index contributed by atoms with van der Waals surface area (Å²) >= 11 is 0. The highest BCUT2D eigenvalue weighted by molar-refractivity contribution is 5.98. The molecule has 1 aromatic carbocycles. The number of esters is 1. The van der Waals surface area contributed by atoms with E-state index in [1.54, 1.807) is 0 Å². The Morgan fingerprint density at radius 1 is 1.14 bits per heavy atom. The first-order valence-electron chi connectivity index (χ1n) is 11.3. The van der Waals surface area contributed by atoms with Crippen LogP contribution in [-0.2, 0) is 16.1 Å². The van der Waals surface area contributed by atoms with Gasteiger partial charge in [-0.3, -0.25) is 19.1 Å². The second-order valence-corrected chi connectivity index (χ2v) is 7.73. The quantitative estimate of drug-likeness (QED) is 0.321. The molecule has 0 fully saturated rings. The molecule has 0 saturated carbocycles. The fraction of sp³-hybridized carbons (Fsp3) is 0.478. The average molecular weight is 497 g/mol. The monoisotopic (exact) mass is 496 g/mol. The van der Waals surface area contributed by atoms with Gasteiger partial charge in [0.2, 0.25) is 0 Å². The van der Waals surface area contributed by atoms with Crippen molar-refractivity contribution in [3.63, 3.8) is 0 Å². The van der Waals surface area contributed by atoms with Crippen LogP contribution < -0.4 is 26.6 Å². The summed E-state index contributed by atoms with van der Waals surface area (Å²) in [6, 6.07) is 4.94. The lowest BCUT2D eigenvalue weighted by molar-refractivity contribution is -0.121. The van der Waals surface area contributed by atoms with E-state index in [2.05, 4.69) is 9.72 Å². The first-order chi connectivity index (χ1) is 16.7. The third-order valence-electron chi connectivity index (χ3n) is 5.13. The third kappa shape index (κ3) is 7.66. The number of unbranched alkanes of at least 4 members (excludes halogenated alkanes) is 3. The number of ether oxygens (including phenoxy) is 2. The van der Waals surface area contributed by atoms with Gasteiger partial charge in [-0.25, -0.2) is 9.59 Å². The van der Waals surface area contributed by atoms with Crippen LogP contribution in [-0.4, -0.2) is 41.2 Å².